The van der Waals surface area contributed by atoms with Crippen LogP contribution in [-0.4, -0.2) is 48.8 Å². The third-order valence-electron chi connectivity index (χ3n) is 8.90. The van der Waals surface area contributed by atoms with E-state index in [1.165, 1.54) is 64.2 Å². The van der Waals surface area contributed by atoms with Crippen molar-refractivity contribution in [1.29, 1.82) is 0 Å². The summed E-state index contributed by atoms with van der Waals surface area (Å²) in [7, 11) is 0. The minimum Gasteiger partial charge on any atom is -0.489 e. The fourth-order valence-electron chi connectivity index (χ4n) is 5.67. The first kappa shape index (κ1) is 42.6. The second-order valence-corrected chi connectivity index (χ2v) is 13.9. The molecule has 0 aliphatic heterocycles. The summed E-state index contributed by atoms with van der Waals surface area (Å²) >= 11 is 0. The molecule has 1 amide bonds. The molecule has 0 atom stereocenters. The van der Waals surface area contributed by atoms with Crippen molar-refractivity contribution >= 4 is 29.2 Å². The second kappa shape index (κ2) is 23.7. The predicted octanol–water partition coefficient (Wildman–Crippen LogP) is 10.0. The van der Waals surface area contributed by atoms with E-state index in [1.54, 1.807) is 44.2 Å². The first-order chi connectivity index (χ1) is 24.0. The fourth-order valence-corrected chi connectivity index (χ4v) is 5.67. The van der Waals surface area contributed by atoms with Crippen molar-refractivity contribution in [2.75, 3.05) is 29.9 Å². The van der Waals surface area contributed by atoms with Crippen LogP contribution < -0.4 is 19.7 Å². The standard InChI is InChI=1S/C41H64N2O7/c1-7-9-10-11-12-13-14-15-16-17-18-19-20-21-38(45)41(5,6)39(46)50-35-25-22-33(23-26-35)31-48-40(47)42-36-27-24-34(43(8-2)28-29-44)30-37(36)49-32(3)4/h22-27,30,32,44H,7-21,28-29,31H2,1-6H3,(H,42,47). The van der Waals surface area contributed by atoms with Crippen LogP contribution in [0.1, 0.15) is 137 Å². The number of ether oxygens (including phenoxy) is 3. The zero-order valence-electron chi connectivity index (χ0n) is 31.7. The average Bonchev–Trinajstić information content (AvgIpc) is 3.09. The second-order valence-electron chi connectivity index (χ2n) is 13.9. The molecule has 0 saturated carbocycles. The van der Waals surface area contributed by atoms with E-state index in [9.17, 15) is 19.5 Å². The van der Waals surface area contributed by atoms with Gasteiger partial charge in [0.15, 0.2) is 0 Å². The number of benzene rings is 2. The van der Waals surface area contributed by atoms with E-state index in [0.29, 0.717) is 42.3 Å². The Morgan fingerprint density at radius 1 is 0.820 bits per heavy atom. The quantitative estimate of drug-likeness (QED) is 0.0432. The predicted molar refractivity (Wildman–Crippen MR) is 202 cm³/mol. The number of carbonyl (C=O) groups is 3. The lowest BCUT2D eigenvalue weighted by molar-refractivity contribution is -0.150. The van der Waals surface area contributed by atoms with Gasteiger partial charge in [0.1, 0.15) is 29.3 Å². The van der Waals surface area contributed by atoms with Gasteiger partial charge in [-0.25, -0.2) is 4.79 Å². The highest BCUT2D eigenvalue weighted by Crippen LogP contribution is 2.31. The minimum absolute atomic E-state index is 0.00172. The Balaban J connectivity index is 1.75. The highest BCUT2D eigenvalue weighted by atomic mass is 16.6. The summed E-state index contributed by atoms with van der Waals surface area (Å²) in [6.45, 7) is 12.5. The van der Waals surface area contributed by atoms with Gasteiger partial charge in [-0.15, -0.1) is 0 Å². The number of anilines is 2. The maximum atomic E-state index is 12.9. The van der Waals surface area contributed by atoms with E-state index >= 15 is 0 Å². The van der Waals surface area contributed by atoms with Gasteiger partial charge in [0.25, 0.3) is 0 Å². The molecule has 9 nitrogen and oxygen atoms in total. The van der Waals surface area contributed by atoms with Gasteiger partial charge in [-0.05, 0) is 70.9 Å². The molecule has 0 aliphatic carbocycles. The van der Waals surface area contributed by atoms with Crippen LogP contribution in [0.15, 0.2) is 42.5 Å². The molecule has 0 heterocycles. The number of ketones is 1. The van der Waals surface area contributed by atoms with Crippen LogP contribution in [0.5, 0.6) is 11.5 Å². The topological polar surface area (TPSA) is 114 Å². The lowest BCUT2D eigenvalue weighted by atomic mass is 9.85. The van der Waals surface area contributed by atoms with Crippen molar-refractivity contribution in [2.24, 2.45) is 5.41 Å². The number of likely N-dealkylation sites (N-methyl/N-ethyl adjacent to an activating group) is 1. The zero-order valence-corrected chi connectivity index (χ0v) is 31.7. The van der Waals surface area contributed by atoms with Crippen molar-refractivity contribution in [1.82, 2.24) is 0 Å². The summed E-state index contributed by atoms with van der Waals surface area (Å²) in [4.78, 5) is 40.5. The van der Waals surface area contributed by atoms with Crippen molar-refractivity contribution in [3.8, 4) is 11.5 Å². The third kappa shape index (κ3) is 16.0. The number of hydrogen-bond donors (Lipinski definition) is 2. The maximum absolute atomic E-state index is 12.9. The summed E-state index contributed by atoms with van der Waals surface area (Å²) in [6.07, 6.45) is 15.7. The molecule has 9 heteroatoms. The molecule has 0 fully saturated rings. The van der Waals surface area contributed by atoms with Crippen LogP contribution in [-0.2, 0) is 20.9 Å². The Morgan fingerprint density at radius 2 is 1.40 bits per heavy atom. The van der Waals surface area contributed by atoms with E-state index in [-0.39, 0.29) is 25.1 Å². The third-order valence-corrected chi connectivity index (χ3v) is 8.90. The van der Waals surface area contributed by atoms with Gasteiger partial charge in [0.2, 0.25) is 0 Å². The van der Waals surface area contributed by atoms with Gasteiger partial charge in [-0.1, -0.05) is 96.1 Å². The van der Waals surface area contributed by atoms with Gasteiger partial charge in [-0.2, -0.15) is 0 Å². The van der Waals surface area contributed by atoms with Crippen molar-refractivity contribution in [3.63, 3.8) is 0 Å². The first-order valence-electron chi connectivity index (χ1n) is 19.0. The largest absolute Gasteiger partial charge is 0.489 e. The molecule has 0 aliphatic rings. The monoisotopic (exact) mass is 696 g/mol. The normalized spacial score (nSPS) is 11.4. The van der Waals surface area contributed by atoms with Gasteiger partial charge in [0, 0.05) is 31.3 Å². The highest BCUT2D eigenvalue weighted by Gasteiger charge is 2.37. The smallest absolute Gasteiger partial charge is 0.412 e. The number of rotatable bonds is 26. The fraction of sp³-hybridized carbons (Fsp3) is 0.634. The molecule has 2 rings (SSSR count). The first-order valence-corrected chi connectivity index (χ1v) is 19.0. The molecule has 280 valence electrons. The Kier molecular flexibility index (Phi) is 20.2. The Labute approximate surface area is 301 Å². The van der Waals surface area contributed by atoms with Crippen LogP contribution >= 0.6 is 0 Å². The van der Waals surface area contributed by atoms with Crippen molar-refractivity contribution < 1.29 is 33.7 Å². The lowest BCUT2D eigenvalue weighted by Gasteiger charge is -2.24. The van der Waals surface area contributed by atoms with Crippen molar-refractivity contribution in [3.05, 3.63) is 48.0 Å². The molecule has 0 bridgehead atoms. The molecule has 50 heavy (non-hydrogen) atoms. The molecular formula is C41H64N2O7. The van der Waals surface area contributed by atoms with E-state index in [4.69, 9.17) is 14.2 Å². The Hall–Kier alpha value is -3.59. The Morgan fingerprint density at radius 3 is 1.94 bits per heavy atom. The molecular weight excluding hydrogens is 632 g/mol. The number of aliphatic hydroxyl groups excluding tert-OH is 1. The Bertz CT molecular complexity index is 1280. The minimum atomic E-state index is -1.24. The zero-order chi connectivity index (χ0) is 36.8. The molecule has 0 aromatic heterocycles. The number of unbranched alkanes of at least 4 members (excludes halogenated alkanes) is 12. The van der Waals surface area contributed by atoms with Crippen LogP contribution in [0.2, 0.25) is 0 Å². The van der Waals surface area contributed by atoms with E-state index in [0.717, 1.165) is 24.9 Å². The van der Waals surface area contributed by atoms with Crippen LogP contribution in [0.3, 0.4) is 0 Å². The number of Topliss-reactive ketones (excluding diaryl/α,β-unsaturated/α-hetero) is 1. The average molecular weight is 697 g/mol. The molecule has 0 saturated heterocycles. The summed E-state index contributed by atoms with van der Waals surface area (Å²) < 4.78 is 16.9. The van der Waals surface area contributed by atoms with Crippen LogP contribution in [0.4, 0.5) is 16.2 Å². The number of carbonyl (C=O) groups excluding carboxylic acids is 3. The summed E-state index contributed by atoms with van der Waals surface area (Å²) in [5, 5.41) is 12.1. The lowest BCUT2D eigenvalue weighted by Crippen LogP contribution is -2.36. The van der Waals surface area contributed by atoms with Gasteiger partial charge in [0.05, 0.1) is 18.4 Å². The van der Waals surface area contributed by atoms with Crippen LogP contribution in [0.25, 0.3) is 0 Å². The number of nitrogens with one attached hydrogen (secondary N) is 1. The van der Waals surface area contributed by atoms with Gasteiger partial charge in [-0.3, -0.25) is 14.9 Å². The van der Waals surface area contributed by atoms with E-state index in [1.807, 2.05) is 37.8 Å². The number of nitrogens with zero attached hydrogens (tertiary/aromatic N) is 1. The number of esters is 1. The van der Waals surface area contributed by atoms with Crippen molar-refractivity contribution in [2.45, 2.75) is 144 Å². The number of hydrogen-bond acceptors (Lipinski definition) is 8. The van der Waals surface area contributed by atoms with Crippen LogP contribution in [0, 0.1) is 5.41 Å². The molecule has 0 radical (unpaired) electrons. The number of amides is 1. The highest BCUT2D eigenvalue weighted by molar-refractivity contribution is 6.03. The van der Waals surface area contributed by atoms with E-state index in [2.05, 4.69) is 12.2 Å². The molecule has 2 aromatic carbocycles. The molecule has 0 spiro atoms. The summed E-state index contributed by atoms with van der Waals surface area (Å²) in [6, 6.07) is 12.1. The summed E-state index contributed by atoms with van der Waals surface area (Å²) in [5.74, 6) is 0.140. The maximum Gasteiger partial charge on any atom is 0.412 e. The molecule has 0 unspecified atom stereocenters. The molecule has 2 N–H and O–H groups in total. The summed E-state index contributed by atoms with van der Waals surface area (Å²) in [5.41, 5.74) is 0.816. The van der Waals surface area contributed by atoms with E-state index < -0.39 is 17.5 Å². The van der Waals surface area contributed by atoms with Gasteiger partial charge < -0.3 is 24.2 Å². The van der Waals surface area contributed by atoms with Gasteiger partial charge >= 0.3 is 12.1 Å². The SMILES string of the molecule is CCCCCCCCCCCCCCCC(=O)C(C)(C)C(=O)Oc1ccc(COC(=O)Nc2ccc(N(CC)CCO)cc2OC(C)C)cc1. The molecule has 2 aromatic rings. The number of aliphatic hydroxyl groups is 1.